The number of ether oxygens (including phenoxy) is 1. The Morgan fingerprint density at radius 3 is 2.31 bits per heavy atom. The highest BCUT2D eigenvalue weighted by Crippen LogP contribution is 2.18. The van der Waals surface area contributed by atoms with Gasteiger partial charge in [-0.05, 0) is 49.6 Å². The summed E-state index contributed by atoms with van der Waals surface area (Å²) in [6.07, 6.45) is 2.13. The van der Waals surface area contributed by atoms with E-state index in [9.17, 15) is 14.4 Å². The Hall–Kier alpha value is -2.81. The number of hydrogen-bond donors (Lipinski definition) is 3. The molecule has 0 bridgehead atoms. The smallest absolute Gasteiger partial charge is 0.328 e. The van der Waals surface area contributed by atoms with Gasteiger partial charge in [0, 0.05) is 43.4 Å². The minimum atomic E-state index is -0.891. The summed E-state index contributed by atoms with van der Waals surface area (Å²) < 4.78 is 5.25. The van der Waals surface area contributed by atoms with E-state index in [1.165, 1.54) is 0 Å². The average Bonchev–Trinajstić information content (AvgIpc) is 3.48. The Bertz CT molecular complexity index is 1060. The number of amides is 2. The summed E-state index contributed by atoms with van der Waals surface area (Å²) >= 11 is 12.0. The predicted molar refractivity (Wildman–Crippen MR) is 155 cm³/mol. The SMILES string of the molecule is CCOC(=O)[C@H](Cc1ccccc1)NC(=O)[C@H](Cc1cccc(N(CCCl)CCCl)c1)NC(=O)[C@H]1CCCN1. The van der Waals surface area contributed by atoms with Crippen LogP contribution in [-0.2, 0) is 32.0 Å². The summed E-state index contributed by atoms with van der Waals surface area (Å²) in [6.45, 7) is 3.94. The third-order valence-corrected chi connectivity index (χ3v) is 6.94. The van der Waals surface area contributed by atoms with E-state index in [2.05, 4.69) is 20.9 Å². The lowest BCUT2D eigenvalue weighted by Crippen LogP contribution is -2.55. The molecule has 0 saturated carbocycles. The van der Waals surface area contributed by atoms with E-state index in [0.717, 1.165) is 29.8 Å². The van der Waals surface area contributed by atoms with Crippen molar-refractivity contribution in [2.75, 3.05) is 42.9 Å². The van der Waals surface area contributed by atoms with Crippen molar-refractivity contribution in [2.45, 2.75) is 50.7 Å². The second kappa shape index (κ2) is 16.3. The molecule has 212 valence electrons. The highest BCUT2D eigenvalue weighted by Gasteiger charge is 2.31. The largest absolute Gasteiger partial charge is 0.464 e. The van der Waals surface area contributed by atoms with Crippen LogP contribution in [0.2, 0.25) is 0 Å². The Balaban J connectivity index is 1.82. The third-order valence-electron chi connectivity index (χ3n) is 6.60. The molecule has 1 aliphatic rings. The van der Waals surface area contributed by atoms with Crippen LogP contribution in [0.3, 0.4) is 0 Å². The minimum absolute atomic E-state index is 0.196. The molecule has 0 spiro atoms. The van der Waals surface area contributed by atoms with Crippen LogP contribution in [0, 0.1) is 0 Å². The van der Waals surface area contributed by atoms with Crippen molar-refractivity contribution in [3.63, 3.8) is 0 Å². The number of nitrogens with one attached hydrogen (secondary N) is 3. The molecule has 2 amide bonds. The van der Waals surface area contributed by atoms with Gasteiger partial charge in [-0.3, -0.25) is 9.59 Å². The molecule has 0 aromatic heterocycles. The molecule has 2 aromatic rings. The first-order valence-electron chi connectivity index (χ1n) is 13.5. The van der Waals surface area contributed by atoms with E-state index in [1.807, 2.05) is 54.6 Å². The van der Waals surface area contributed by atoms with Gasteiger partial charge in [-0.25, -0.2) is 4.79 Å². The first-order valence-corrected chi connectivity index (χ1v) is 14.5. The number of alkyl halides is 2. The van der Waals surface area contributed by atoms with Crippen LogP contribution in [-0.4, -0.2) is 73.9 Å². The summed E-state index contributed by atoms with van der Waals surface area (Å²) in [5.74, 6) is -0.290. The zero-order valence-corrected chi connectivity index (χ0v) is 23.8. The first-order chi connectivity index (χ1) is 18.9. The molecule has 39 heavy (non-hydrogen) atoms. The maximum atomic E-state index is 13.6. The van der Waals surface area contributed by atoms with Crippen molar-refractivity contribution >= 4 is 46.7 Å². The van der Waals surface area contributed by atoms with Crippen LogP contribution in [0.25, 0.3) is 0 Å². The van der Waals surface area contributed by atoms with Crippen molar-refractivity contribution in [1.29, 1.82) is 0 Å². The number of rotatable bonds is 15. The lowest BCUT2D eigenvalue weighted by atomic mass is 10.0. The van der Waals surface area contributed by atoms with Crippen molar-refractivity contribution in [2.24, 2.45) is 0 Å². The van der Waals surface area contributed by atoms with Gasteiger partial charge in [0.2, 0.25) is 11.8 Å². The first kappa shape index (κ1) is 30.7. The number of carbonyl (C=O) groups is 3. The Labute approximate surface area is 240 Å². The van der Waals surface area contributed by atoms with E-state index in [0.29, 0.717) is 31.3 Å². The van der Waals surface area contributed by atoms with Gasteiger partial charge in [-0.1, -0.05) is 42.5 Å². The van der Waals surface area contributed by atoms with Crippen LogP contribution in [0.5, 0.6) is 0 Å². The van der Waals surface area contributed by atoms with Gasteiger partial charge >= 0.3 is 5.97 Å². The van der Waals surface area contributed by atoms with Crippen molar-refractivity contribution in [3.05, 3.63) is 65.7 Å². The maximum Gasteiger partial charge on any atom is 0.328 e. The number of carbonyl (C=O) groups excluding carboxylic acids is 3. The molecule has 10 heteroatoms. The molecule has 1 heterocycles. The number of halogens is 2. The van der Waals surface area contributed by atoms with Gasteiger partial charge in [0.25, 0.3) is 0 Å². The highest BCUT2D eigenvalue weighted by atomic mass is 35.5. The summed E-state index contributed by atoms with van der Waals surface area (Å²) in [6, 6.07) is 15.1. The number of esters is 1. The predicted octanol–water partition coefficient (Wildman–Crippen LogP) is 3.04. The quantitative estimate of drug-likeness (QED) is 0.222. The lowest BCUT2D eigenvalue weighted by molar-refractivity contribution is -0.147. The van der Waals surface area contributed by atoms with E-state index >= 15 is 0 Å². The van der Waals surface area contributed by atoms with E-state index in [1.54, 1.807) is 6.92 Å². The normalized spacial score (nSPS) is 16.2. The van der Waals surface area contributed by atoms with Crippen molar-refractivity contribution in [1.82, 2.24) is 16.0 Å². The molecular weight excluding hydrogens is 539 g/mol. The summed E-state index contributed by atoms with van der Waals surface area (Å²) in [5.41, 5.74) is 2.68. The van der Waals surface area contributed by atoms with Crippen LogP contribution >= 0.6 is 23.2 Å². The summed E-state index contributed by atoms with van der Waals surface area (Å²) in [4.78, 5) is 41.5. The molecular formula is C29H38Cl2N4O4. The number of benzene rings is 2. The van der Waals surface area contributed by atoms with Crippen LogP contribution in [0.15, 0.2) is 54.6 Å². The van der Waals surface area contributed by atoms with Crippen molar-refractivity contribution in [3.8, 4) is 0 Å². The van der Waals surface area contributed by atoms with Gasteiger partial charge in [0.15, 0.2) is 0 Å². The summed E-state index contributed by atoms with van der Waals surface area (Å²) in [5, 5.41) is 8.95. The van der Waals surface area contributed by atoms with Gasteiger partial charge < -0.3 is 25.6 Å². The second-order valence-electron chi connectivity index (χ2n) is 9.45. The van der Waals surface area contributed by atoms with Gasteiger partial charge in [0.1, 0.15) is 12.1 Å². The van der Waals surface area contributed by atoms with Crippen LogP contribution in [0.1, 0.15) is 30.9 Å². The molecule has 3 atom stereocenters. The molecule has 1 fully saturated rings. The fourth-order valence-corrected chi connectivity index (χ4v) is 5.05. The molecule has 1 saturated heterocycles. The lowest BCUT2D eigenvalue weighted by Gasteiger charge is -2.25. The zero-order chi connectivity index (χ0) is 28.0. The van der Waals surface area contributed by atoms with E-state index in [-0.39, 0.29) is 31.4 Å². The van der Waals surface area contributed by atoms with Crippen LogP contribution < -0.4 is 20.9 Å². The maximum absolute atomic E-state index is 13.6. The monoisotopic (exact) mass is 576 g/mol. The number of anilines is 1. The Morgan fingerprint density at radius 1 is 0.974 bits per heavy atom. The molecule has 1 aliphatic heterocycles. The molecule has 2 aromatic carbocycles. The van der Waals surface area contributed by atoms with E-state index in [4.69, 9.17) is 27.9 Å². The standard InChI is InChI=1S/C29H38Cl2N4O4/c1-2-39-29(38)26(19-21-8-4-3-5-9-21)34-28(37)25(33-27(36)24-12-7-15-32-24)20-22-10-6-11-23(18-22)35(16-13-30)17-14-31/h3-6,8-11,18,24-26,32H,2,7,12-17,19-20H2,1H3,(H,33,36)(H,34,37)/t24-,25+,26+/m1/s1. The fourth-order valence-electron chi connectivity index (χ4n) is 4.64. The second-order valence-corrected chi connectivity index (χ2v) is 10.2. The molecule has 0 aliphatic carbocycles. The third kappa shape index (κ3) is 9.71. The fraction of sp³-hybridized carbons (Fsp3) is 0.483. The Morgan fingerprint density at radius 2 is 1.67 bits per heavy atom. The molecule has 0 unspecified atom stereocenters. The molecule has 3 rings (SSSR count). The minimum Gasteiger partial charge on any atom is -0.464 e. The highest BCUT2D eigenvalue weighted by molar-refractivity contribution is 6.18. The van der Waals surface area contributed by atoms with Crippen molar-refractivity contribution < 1.29 is 19.1 Å². The molecule has 3 N–H and O–H groups in total. The van der Waals surface area contributed by atoms with Gasteiger partial charge in [0.05, 0.1) is 12.6 Å². The number of hydrogen-bond acceptors (Lipinski definition) is 6. The van der Waals surface area contributed by atoms with Crippen LogP contribution in [0.4, 0.5) is 5.69 Å². The zero-order valence-electron chi connectivity index (χ0n) is 22.3. The molecule has 8 nitrogen and oxygen atoms in total. The van der Waals surface area contributed by atoms with Gasteiger partial charge in [-0.2, -0.15) is 0 Å². The molecule has 0 radical (unpaired) electrons. The van der Waals surface area contributed by atoms with Gasteiger partial charge in [-0.15, -0.1) is 23.2 Å². The van der Waals surface area contributed by atoms with E-state index < -0.39 is 24.0 Å². The average molecular weight is 578 g/mol. The summed E-state index contributed by atoms with van der Waals surface area (Å²) in [7, 11) is 0. The topological polar surface area (TPSA) is 99.8 Å². The Kier molecular flexibility index (Phi) is 12.9. The number of nitrogens with zero attached hydrogens (tertiary/aromatic N) is 1.